The van der Waals surface area contributed by atoms with Crippen molar-refractivity contribution in [2.75, 3.05) is 32.5 Å². The van der Waals surface area contributed by atoms with Gasteiger partial charge < -0.3 is 19.9 Å². The number of hydrogen-bond donors (Lipinski definition) is 1. The smallest absolute Gasteiger partial charge is 0.322 e. The summed E-state index contributed by atoms with van der Waals surface area (Å²) in [6.07, 6.45) is 1.51. The molecule has 24 heavy (non-hydrogen) atoms. The van der Waals surface area contributed by atoms with Crippen LogP contribution in [0.3, 0.4) is 0 Å². The quantitative estimate of drug-likeness (QED) is 0.900. The van der Waals surface area contributed by atoms with Crippen LogP contribution in [0.1, 0.15) is 38.2 Å². The molecule has 1 N–H and O–H groups in total. The number of amides is 3. The zero-order valence-corrected chi connectivity index (χ0v) is 15.2. The zero-order valence-electron chi connectivity index (χ0n) is 15.2. The van der Waals surface area contributed by atoms with Crippen LogP contribution in [0.4, 0.5) is 10.5 Å². The van der Waals surface area contributed by atoms with Crippen molar-refractivity contribution >= 4 is 17.6 Å². The van der Waals surface area contributed by atoms with E-state index in [1.54, 1.807) is 31.1 Å². The predicted molar refractivity (Wildman–Crippen MR) is 92.1 cm³/mol. The summed E-state index contributed by atoms with van der Waals surface area (Å²) in [7, 11) is 3.32. The van der Waals surface area contributed by atoms with E-state index in [9.17, 15) is 9.59 Å². The molecule has 1 fully saturated rings. The highest BCUT2D eigenvalue weighted by atomic mass is 16.5. The Balaban J connectivity index is 2.12. The van der Waals surface area contributed by atoms with Crippen molar-refractivity contribution in [1.29, 1.82) is 0 Å². The molecule has 1 aliphatic heterocycles. The van der Waals surface area contributed by atoms with Crippen LogP contribution in [0.5, 0.6) is 0 Å². The number of carbonyl (C=O) groups is 2. The number of pyridine rings is 1. The fourth-order valence-corrected chi connectivity index (χ4v) is 2.99. The van der Waals surface area contributed by atoms with E-state index >= 15 is 0 Å². The van der Waals surface area contributed by atoms with Crippen LogP contribution in [0.25, 0.3) is 0 Å². The maximum absolute atomic E-state index is 12.6. The van der Waals surface area contributed by atoms with Crippen molar-refractivity contribution in [3.05, 3.63) is 24.0 Å². The first-order chi connectivity index (χ1) is 11.0. The van der Waals surface area contributed by atoms with Crippen molar-refractivity contribution in [3.8, 4) is 0 Å². The molecule has 0 atom stereocenters. The highest BCUT2D eigenvalue weighted by Gasteiger charge is 2.40. The minimum Gasteiger partial charge on any atom is -0.366 e. The molecule has 3 amide bonds. The van der Waals surface area contributed by atoms with Gasteiger partial charge in [-0.05, 0) is 39.8 Å². The Morgan fingerprint density at radius 2 is 1.79 bits per heavy atom. The second kappa shape index (κ2) is 6.39. The van der Waals surface area contributed by atoms with Crippen LogP contribution in [0.15, 0.2) is 18.3 Å². The first-order valence-corrected chi connectivity index (χ1v) is 7.93. The summed E-state index contributed by atoms with van der Waals surface area (Å²) >= 11 is 0. The minimum absolute atomic E-state index is 0.209. The number of urea groups is 1. The van der Waals surface area contributed by atoms with Gasteiger partial charge in [0.15, 0.2) is 0 Å². The Hall–Kier alpha value is -2.15. The minimum atomic E-state index is -0.413. The average Bonchev–Trinajstić information content (AvgIpc) is 2.43. The van der Waals surface area contributed by atoms with Gasteiger partial charge >= 0.3 is 6.03 Å². The summed E-state index contributed by atoms with van der Waals surface area (Å²) in [4.78, 5) is 31.8. The van der Waals surface area contributed by atoms with Crippen LogP contribution in [0, 0.1) is 0 Å². The second-order valence-corrected chi connectivity index (χ2v) is 7.54. The molecule has 1 aromatic heterocycles. The van der Waals surface area contributed by atoms with E-state index in [1.165, 1.54) is 11.1 Å². The average molecular weight is 334 g/mol. The summed E-state index contributed by atoms with van der Waals surface area (Å²) in [5, 5.41) is 2.84. The number of ether oxygens (including phenoxy) is 1. The number of hydrogen-bond acceptors (Lipinski definition) is 4. The van der Waals surface area contributed by atoms with Crippen LogP contribution in [-0.4, -0.2) is 65.1 Å². The lowest BCUT2D eigenvalue weighted by Crippen LogP contribution is -2.59. The molecular formula is C17H26N4O3. The van der Waals surface area contributed by atoms with Crippen molar-refractivity contribution in [2.45, 2.75) is 38.9 Å². The molecule has 1 aliphatic rings. The van der Waals surface area contributed by atoms with Gasteiger partial charge in [-0.2, -0.15) is 0 Å². The first kappa shape index (κ1) is 18.2. The Kier molecular flexibility index (Phi) is 4.85. The van der Waals surface area contributed by atoms with Crippen LogP contribution in [0.2, 0.25) is 0 Å². The fraction of sp³-hybridized carbons (Fsp3) is 0.588. The van der Waals surface area contributed by atoms with E-state index in [-0.39, 0.29) is 11.9 Å². The number of nitrogens with zero attached hydrogens (tertiary/aromatic N) is 3. The summed E-state index contributed by atoms with van der Waals surface area (Å²) < 4.78 is 5.99. The predicted octanol–water partition coefficient (Wildman–Crippen LogP) is 2.20. The van der Waals surface area contributed by atoms with Gasteiger partial charge in [0.2, 0.25) is 0 Å². The van der Waals surface area contributed by atoms with Gasteiger partial charge in [0.1, 0.15) is 5.69 Å². The number of carbonyl (C=O) groups excluding carboxylic acids is 2. The lowest BCUT2D eigenvalue weighted by atomic mass is 9.99. The molecule has 1 aromatic rings. The summed E-state index contributed by atoms with van der Waals surface area (Å²) in [6.45, 7) is 8.86. The Labute approximate surface area is 143 Å². The van der Waals surface area contributed by atoms with Gasteiger partial charge in [-0.3, -0.25) is 9.78 Å². The van der Waals surface area contributed by atoms with Gasteiger partial charge in [-0.1, -0.05) is 0 Å². The summed E-state index contributed by atoms with van der Waals surface area (Å²) in [5.74, 6) is -0.209. The monoisotopic (exact) mass is 334 g/mol. The van der Waals surface area contributed by atoms with Crippen LogP contribution < -0.4 is 5.32 Å². The zero-order chi connectivity index (χ0) is 18.1. The topological polar surface area (TPSA) is 74.8 Å². The highest BCUT2D eigenvalue weighted by Crippen LogP contribution is 2.28. The second-order valence-electron chi connectivity index (χ2n) is 7.54. The molecule has 2 heterocycles. The van der Waals surface area contributed by atoms with Crippen molar-refractivity contribution in [2.24, 2.45) is 0 Å². The third-order valence-electron chi connectivity index (χ3n) is 3.62. The molecule has 0 aromatic carbocycles. The Morgan fingerprint density at radius 3 is 2.33 bits per heavy atom. The van der Waals surface area contributed by atoms with E-state index < -0.39 is 11.2 Å². The van der Waals surface area contributed by atoms with Crippen molar-refractivity contribution < 1.29 is 14.3 Å². The van der Waals surface area contributed by atoms with E-state index in [4.69, 9.17) is 4.74 Å². The maximum atomic E-state index is 12.6. The fourth-order valence-electron chi connectivity index (χ4n) is 2.99. The number of anilines is 1. The van der Waals surface area contributed by atoms with Crippen molar-refractivity contribution in [3.63, 3.8) is 0 Å². The number of rotatable bonds is 2. The molecule has 0 unspecified atom stereocenters. The molecule has 0 saturated carbocycles. The molecule has 132 valence electrons. The van der Waals surface area contributed by atoms with E-state index in [1.807, 2.05) is 27.7 Å². The first-order valence-electron chi connectivity index (χ1n) is 7.93. The van der Waals surface area contributed by atoms with Gasteiger partial charge in [-0.25, -0.2) is 4.79 Å². The van der Waals surface area contributed by atoms with Crippen molar-refractivity contribution in [1.82, 2.24) is 14.8 Å². The lowest BCUT2D eigenvalue weighted by Gasteiger charge is -2.46. The van der Waals surface area contributed by atoms with Gasteiger partial charge in [0, 0.05) is 26.0 Å². The van der Waals surface area contributed by atoms with E-state index in [0.717, 1.165) is 0 Å². The van der Waals surface area contributed by atoms with E-state index in [0.29, 0.717) is 24.5 Å². The summed E-state index contributed by atoms with van der Waals surface area (Å²) in [5.41, 5.74) is 0.00925. The number of morpholine rings is 1. The lowest BCUT2D eigenvalue weighted by molar-refractivity contribution is -0.169. The molecule has 2 rings (SSSR count). The van der Waals surface area contributed by atoms with Gasteiger partial charge in [-0.15, -0.1) is 0 Å². The molecule has 0 spiro atoms. The molecule has 0 radical (unpaired) electrons. The highest BCUT2D eigenvalue weighted by molar-refractivity contribution is 5.95. The van der Waals surface area contributed by atoms with Crippen LogP contribution >= 0.6 is 0 Å². The van der Waals surface area contributed by atoms with Gasteiger partial charge in [0.25, 0.3) is 5.91 Å². The normalized spacial score (nSPS) is 18.8. The molecule has 7 nitrogen and oxygen atoms in total. The third kappa shape index (κ3) is 4.44. The summed E-state index contributed by atoms with van der Waals surface area (Å²) in [6, 6.07) is 3.03. The third-order valence-corrected chi connectivity index (χ3v) is 3.62. The van der Waals surface area contributed by atoms with Gasteiger partial charge in [0.05, 0.1) is 24.3 Å². The molecule has 1 saturated heterocycles. The SMILES string of the molecule is CN(C)C(=O)c1cc(NC(=O)N2CC(C)(C)OC(C)(C)C2)ccn1. The Bertz CT molecular complexity index is 624. The maximum Gasteiger partial charge on any atom is 0.322 e. The molecule has 0 aliphatic carbocycles. The largest absolute Gasteiger partial charge is 0.366 e. The molecular weight excluding hydrogens is 308 g/mol. The van der Waals surface area contributed by atoms with E-state index in [2.05, 4.69) is 10.3 Å². The standard InChI is InChI=1S/C17H26N4O3/c1-16(2)10-21(11-17(3,4)24-16)15(23)19-12-7-8-18-13(9-12)14(22)20(5)6/h7-9H,10-11H2,1-6H3,(H,18,19,23). The van der Waals surface area contributed by atoms with Crippen LogP contribution in [-0.2, 0) is 4.74 Å². The Morgan fingerprint density at radius 1 is 1.21 bits per heavy atom. The molecule has 0 bridgehead atoms. The number of aromatic nitrogens is 1. The number of nitrogens with one attached hydrogen (secondary N) is 1. The molecule has 7 heteroatoms.